The normalized spacial score (nSPS) is 13.0. The molecule has 4 N–H and O–H groups in total. The number of fused-ring (bicyclic) bond motifs is 1. The molecule has 3 heteroatoms. The third kappa shape index (κ3) is 1.60. The number of benzene rings is 1. The number of rotatable bonds is 2. The molecule has 1 atom stereocenters. The zero-order valence-electron chi connectivity index (χ0n) is 7.85. The van der Waals surface area contributed by atoms with Gasteiger partial charge in [0.15, 0.2) is 0 Å². The van der Waals surface area contributed by atoms with Crippen LogP contribution in [0.1, 0.15) is 11.6 Å². The zero-order chi connectivity index (χ0) is 9.97. The Hall–Kier alpha value is -1.45. The Morgan fingerprint density at radius 2 is 2.14 bits per heavy atom. The number of pyridine rings is 1. The highest BCUT2D eigenvalue weighted by molar-refractivity contribution is 5.78. The SMILES string of the molecule is NC[C@H](N)c1ccc2cccnc2c1. The predicted molar refractivity (Wildman–Crippen MR) is 57.7 cm³/mol. The van der Waals surface area contributed by atoms with E-state index in [2.05, 4.69) is 4.98 Å². The Bertz CT molecular complexity index is 439. The predicted octanol–water partition coefficient (Wildman–Crippen LogP) is 1.19. The van der Waals surface area contributed by atoms with Crippen molar-refractivity contribution in [3.8, 4) is 0 Å². The van der Waals surface area contributed by atoms with Gasteiger partial charge in [-0.05, 0) is 17.7 Å². The van der Waals surface area contributed by atoms with E-state index in [9.17, 15) is 0 Å². The molecule has 2 rings (SSSR count). The maximum absolute atomic E-state index is 5.83. The molecule has 0 radical (unpaired) electrons. The Morgan fingerprint density at radius 1 is 1.29 bits per heavy atom. The number of nitrogens with two attached hydrogens (primary N) is 2. The molecular formula is C11H13N3. The minimum atomic E-state index is -0.0959. The first-order valence-electron chi connectivity index (χ1n) is 4.61. The molecule has 0 saturated heterocycles. The standard InChI is InChI=1S/C11H13N3/c12-7-10(13)9-4-3-8-2-1-5-14-11(8)6-9/h1-6,10H,7,12-13H2/t10-/m0/s1. The Labute approximate surface area is 82.7 Å². The van der Waals surface area contributed by atoms with Gasteiger partial charge in [-0.15, -0.1) is 0 Å². The summed E-state index contributed by atoms with van der Waals surface area (Å²) in [4.78, 5) is 4.26. The molecule has 72 valence electrons. The molecule has 0 saturated carbocycles. The number of hydrogen-bond donors (Lipinski definition) is 2. The van der Waals surface area contributed by atoms with E-state index < -0.39 is 0 Å². The molecule has 0 aliphatic carbocycles. The van der Waals surface area contributed by atoms with E-state index in [-0.39, 0.29) is 6.04 Å². The molecule has 1 heterocycles. The third-order valence-electron chi connectivity index (χ3n) is 2.31. The molecule has 0 aliphatic rings. The molecule has 0 bridgehead atoms. The molecule has 1 aromatic heterocycles. The van der Waals surface area contributed by atoms with Crippen molar-refractivity contribution in [2.75, 3.05) is 6.54 Å². The van der Waals surface area contributed by atoms with Crippen LogP contribution in [0.15, 0.2) is 36.5 Å². The molecule has 0 spiro atoms. The summed E-state index contributed by atoms with van der Waals surface area (Å²) >= 11 is 0. The molecular weight excluding hydrogens is 174 g/mol. The quantitative estimate of drug-likeness (QED) is 0.742. The molecule has 1 aromatic carbocycles. The molecule has 0 fully saturated rings. The minimum absolute atomic E-state index is 0.0959. The monoisotopic (exact) mass is 187 g/mol. The maximum atomic E-state index is 5.83. The molecule has 14 heavy (non-hydrogen) atoms. The maximum Gasteiger partial charge on any atom is 0.0705 e. The summed E-state index contributed by atoms with van der Waals surface area (Å²) in [5.41, 5.74) is 13.3. The van der Waals surface area contributed by atoms with E-state index in [1.807, 2.05) is 30.3 Å². The summed E-state index contributed by atoms with van der Waals surface area (Å²) in [6.45, 7) is 0.457. The van der Waals surface area contributed by atoms with Crippen molar-refractivity contribution in [2.24, 2.45) is 11.5 Å². The van der Waals surface area contributed by atoms with E-state index >= 15 is 0 Å². The smallest absolute Gasteiger partial charge is 0.0705 e. The lowest BCUT2D eigenvalue weighted by atomic mass is 10.1. The number of nitrogens with zero attached hydrogens (tertiary/aromatic N) is 1. The summed E-state index contributed by atoms with van der Waals surface area (Å²) in [7, 11) is 0. The number of hydrogen-bond acceptors (Lipinski definition) is 3. The van der Waals surface area contributed by atoms with Gasteiger partial charge in [0, 0.05) is 24.2 Å². The van der Waals surface area contributed by atoms with E-state index in [1.54, 1.807) is 6.20 Å². The van der Waals surface area contributed by atoms with Crippen LogP contribution in [0.5, 0.6) is 0 Å². The Morgan fingerprint density at radius 3 is 2.93 bits per heavy atom. The lowest BCUT2D eigenvalue weighted by Crippen LogP contribution is -2.20. The van der Waals surface area contributed by atoms with Crippen molar-refractivity contribution in [3.63, 3.8) is 0 Å². The zero-order valence-corrected chi connectivity index (χ0v) is 7.85. The van der Waals surface area contributed by atoms with Crippen LogP contribution < -0.4 is 11.5 Å². The first kappa shape index (κ1) is 9.12. The largest absolute Gasteiger partial charge is 0.329 e. The van der Waals surface area contributed by atoms with E-state index in [4.69, 9.17) is 11.5 Å². The van der Waals surface area contributed by atoms with E-state index in [0.717, 1.165) is 16.5 Å². The van der Waals surface area contributed by atoms with Crippen molar-refractivity contribution < 1.29 is 0 Å². The first-order chi connectivity index (χ1) is 6.81. The number of aromatic nitrogens is 1. The summed E-state index contributed by atoms with van der Waals surface area (Å²) < 4.78 is 0. The van der Waals surface area contributed by atoms with Gasteiger partial charge in [0.05, 0.1) is 5.52 Å². The molecule has 0 aliphatic heterocycles. The van der Waals surface area contributed by atoms with Gasteiger partial charge in [-0.2, -0.15) is 0 Å². The summed E-state index contributed by atoms with van der Waals surface area (Å²) in [6, 6.07) is 9.87. The van der Waals surface area contributed by atoms with Gasteiger partial charge in [0.2, 0.25) is 0 Å². The van der Waals surface area contributed by atoms with Crippen LogP contribution in [-0.2, 0) is 0 Å². The van der Waals surface area contributed by atoms with Gasteiger partial charge in [-0.3, -0.25) is 4.98 Å². The summed E-state index contributed by atoms with van der Waals surface area (Å²) in [5, 5.41) is 1.13. The highest BCUT2D eigenvalue weighted by atomic mass is 14.7. The van der Waals surface area contributed by atoms with E-state index in [0.29, 0.717) is 6.54 Å². The van der Waals surface area contributed by atoms with Crippen molar-refractivity contribution in [3.05, 3.63) is 42.1 Å². The van der Waals surface area contributed by atoms with Gasteiger partial charge in [-0.1, -0.05) is 18.2 Å². The van der Waals surface area contributed by atoms with Crippen LogP contribution in [0.25, 0.3) is 10.9 Å². The molecule has 0 unspecified atom stereocenters. The van der Waals surface area contributed by atoms with Gasteiger partial charge >= 0.3 is 0 Å². The van der Waals surface area contributed by atoms with Gasteiger partial charge in [-0.25, -0.2) is 0 Å². The topological polar surface area (TPSA) is 64.9 Å². The van der Waals surface area contributed by atoms with Crippen LogP contribution in [0.3, 0.4) is 0 Å². The average Bonchev–Trinajstić information content (AvgIpc) is 2.27. The van der Waals surface area contributed by atoms with Crippen LogP contribution in [-0.4, -0.2) is 11.5 Å². The highest BCUT2D eigenvalue weighted by Gasteiger charge is 2.03. The second-order valence-corrected chi connectivity index (χ2v) is 3.30. The van der Waals surface area contributed by atoms with Gasteiger partial charge in [0.25, 0.3) is 0 Å². The van der Waals surface area contributed by atoms with Crippen molar-refractivity contribution in [2.45, 2.75) is 6.04 Å². The molecule has 3 nitrogen and oxygen atoms in total. The van der Waals surface area contributed by atoms with Crippen molar-refractivity contribution in [1.29, 1.82) is 0 Å². The Kier molecular flexibility index (Phi) is 2.43. The fraction of sp³-hybridized carbons (Fsp3) is 0.182. The fourth-order valence-corrected chi connectivity index (χ4v) is 1.45. The van der Waals surface area contributed by atoms with Crippen LogP contribution in [0, 0.1) is 0 Å². The Balaban J connectivity index is 2.51. The summed E-state index contributed by atoms with van der Waals surface area (Å²) in [5.74, 6) is 0. The molecule has 2 aromatic rings. The second kappa shape index (κ2) is 3.74. The van der Waals surface area contributed by atoms with E-state index in [1.165, 1.54) is 0 Å². The molecule has 0 amide bonds. The highest BCUT2D eigenvalue weighted by Crippen LogP contribution is 2.16. The average molecular weight is 187 g/mol. The third-order valence-corrected chi connectivity index (χ3v) is 2.31. The van der Waals surface area contributed by atoms with Crippen LogP contribution in [0.4, 0.5) is 0 Å². The van der Waals surface area contributed by atoms with Crippen LogP contribution >= 0.6 is 0 Å². The van der Waals surface area contributed by atoms with Gasteiger partial charge < -0.3 is 11.5 Å². The lowest BCUT2D eigenvalue weighted by molar-refractivity contribution is 0.738. The van der Waals surface area contributed by atoms with Crippen molar-refractivity contribution in [1.82, 2.24) is 4.98 Å². The fourth-order valence-electron chi connectivity index (χ4n) is 1.45. The lowest BCUT2D eigenvalue weighted by Gasteiger charge is -2.09. The van der Waals surface area contributed by atoms with Crippen LogP contribution in [0.2, 0.25) is 0 Å². The minimum Gasteiger partial charge on any atom is -0.329 e. The summed E-state index contributed by atoms with van der Waals surface area (Å²) in [6.07, 6.45) is 1.78. The van der Waals surface area contributed by atoms with Crippen molar-refractivity contribution >= 4 is 10.9 Å². The van der Waals surface area contributed by atoms with Gasteiger partial charge in [0.1, 0.15) is 0 Å². The first-order valence-corrected chi connectivity index (χ1v) is 4.61. The second-order valence-electron chi connectivity index (χ2n) is 3.30.